The number of nitrogens with one attached hydrogen (secondary N) is 1. The van der Waals surface area contributed by atoms with Gasteiger partial charge in [0.1, 0.15) is 17.3 Å². The number of aliphatic imine (C=N–C) groups is 1. The normalized spacial score (nSPS) is 14.8. The molecule has 1 aliphatic heterocycles. The Morgan fingerprint density at radius 3 is 2.48 bits per heavy atom. The number of unbranched alkanes of at least 4 members (excludes halogenated alkanes) is 1. The lowest BCUT2D eigenvalue weighted by Gasteiger charge is -2.37. The van der Waals surface area contributed by atoms with E-state index in [1.54, 1.807) is 25.2 Å². The van der Waals surface area contributed by atoms with Crippen LogP contribution in [0.25, 0.3) is 0 Å². The minimum atomic E-state index is -0.255. The number of hydrogen-bond donors (Lipinski definition) is 2. The van der Waals surface area contributed by atoms with E-state index >= 15 is 0 Å². The Kier molecular flexibility index (Phi) is 7.55. The van der Waals surface area contributed by atoms with Gasteiger partial charge in [0.15, 0.2) is 5.96 Å². The Morgan fingerprint density at radius 1 is 1.07 bits per heavy atom. The van der Waals surface area contributed by atoms with Gasteiger partial charge in [0.25, 0.3) is 0 Å². The van der Waals surface area contributed by atoms with E-state index < -0.39 is 0 Å². The number of para-hydroxylation sites is 2. The van der Waals surface area contributed by atoms with Crippen LogP contribution in [-0.2, 0) is 0 Å². The molecule has 0 atom stereocenters. The molecule has 3 rings (SSSR count). The zero-order valence-corrected chi connectivity index (χ0v) is 16.9. The molecule has 0 radical (unpaired) electrons. The van der Waals surface area contributed by atoms with Gasteiger partial charge in [-0.3, -0.25) is 4.99 Å². The molecular weight excluding hydrogens is 371 g/mol. The predicted octanol–water partition coefficient (Wildman–Crippen LogP) is 3.09. The van der Waals surface area contributed by atoms with Crippen LogP contribution in [-0.4, -0.2) is 62.3 Å². The second kappa shape index (κ2) is 10.5. The zero-order valence-electron chi connectivity index (χ0n) is 16.9. The van der Waals surface area contributed by atoms with E-state index in [1.807, 2.05) is 18.2 Å². The molecule has 6 nitrogen and oxygen atoms in total. The van der Waals surface area contributed by atoms with Crippen molar-refractivity contribution in [1.82, 2.24) is 10.2 Å². The van der Waals surface area contributed by atoms with Crippen LogP contribution in [0.1, 0.15) is 12.8 Å². The van der Waals surface area contributed by atoms with Crippen LogP contribution in [0.15, 0.2) is 53.5 Å². The monoisotopic (exact) mass is 400 g/mol. The molecule has 2 N–H and O–H groups in total. The van der Waals surface area contributed by atoms with E-state index in [4.69, 9.17) is 4.74 Å². The van der Waals surface area contributed by atoms with Crippen LogP contribution < -0.4 is 15.0 Å². The summed E-state index contributed by atoms with van der Waals surface area (Å²) < 4.78 is 18.5. The third-order valence-electron chi connectivity index (χ3n) is 4.95. The Morgan fingerprint density at radius 2 is 1.79 bits per heavy atom. The molecule has 0 amide bonds. The molecule has 0 saturated carbocycles. The summed E-state index contributed by atoms with van der Waals surface area (Å²) in [7, 11) is 1.80. The molecular formula is C22H29FN4O2. The van der Waals surface area contributed by atoms with Gasteiger partial charge < -0.3 is 25.0 Å². The SMILES string of the molecule is CN=C(NCCCCOc1ccc(F)cc1)N1CCN(c2ccccc2O)CC1. The standard InChI is InChI=1S/C22H29FN4O2/c1-24-22(25-12-4-5-17-29-19-10-8-18(23)9-11-19)27-15-13-26(14-16-27)20-6-2-3-7-21(20)28/h2-3,6-11,28H,4-5,12-17H2,1H3,(H,24,25). The average Bonchev–Trinajstić information content (AvgIpc) is 2.75. The number of benzene rings is 2. The van der Waals surface area contributed by atoms with Gasteiger partial charge in [0.05, 0.1) is 12.3 Å². The third-order valence-corrected chi connectivity index (χ3v) is 4.95. The van der Waals surface area contributed by atoms with Gasteiger partial charge in [-0.1, -0.05) is 12.1 Å². The Balaban J connectivity index is 1.34. The van der Waals surface area contributed by atoms with Crippen LogP contribution in [0, 0.1) is 5.82 Å². The Bertz CT molecular complexity index is 790. The van der Waals surface area contributed by atoms with Gasteiger partial charge >= 0.3 is 0 Å². The molecule has 0 spiro atoms. The van der Waals surface area contributed by atoms with Crippen molar-refractivity contribution >= 4 is 11.6 Å². The fourth-order valence-corrected chi connectivity index (χ4v) is 3.37. The lowest BCUT2D eigenvalue weighted by molar-refractivity contribution is 0.305. The van der Waals surface area contributed by atoms with Crippen LogP contribution >= 0.6 is 0 Å². The average molecular weight is 400 g/mol. The first-order chi connectivity index (χ1) is 14.2. The number of piperazine rings is 1. The van der Waals surface area contributed by atoms with Gasteiger partial charge in [-0.15, -0.1) is 0 Å². The molecule has 1 aliphatic rings. The van der Waals surface area contributed by atoms with E-state index in [-0.39, 0.29) is 5.82 Å². The molecule has 2 aromatic carbocycles. The fourth-order valence-electron chi connectivity index (χ4n) is 3.37. The number of phenols is 1. The van der Waals surface area contributed by atoms with Gasteiger partial charge in [-0.2, -0.15) is 0 Å². The minimum absolute atomic E-state index is 0.255. The first-order valence-corrected chi connectivity index (χ1v) is 10.0. The zero-order chi connectivity index (χ0) is 20.5. The van der Waals surface area contributed by atoms with E-state index in [9.17, 15) is 9.50 Å². The highest BCUT2D eigenvalue weighted by molar-refractivity contribution is 5.80. The maximum absolute atomic E-state index is 12.9. The molecule has 0 aromatic heterocycles. The summed E-state index contributed by atoms with van der Waals surface area (Å²) in [5.41, 5.74) is 0.885. The van der Waals surface area contributed by atoms with Crippen LogP contribution in [0.5, 0.6) is 11.5 Å². The predicted molar refractivity (Wildman–Crippen MR) is 114 cm³/mol. The first kappa shape index (κ1) is 20.8. The number of nitrogens with zero attached hydrogens (tertiary/aromatic N) is 3. The topological polar surface area (TPSA) is 60.3 Å². The molecule has 0 aliphatic carbocycles. The highest BCUT2D eigenvalue weighted by Gasteiger charge is 2.21. The summed E-state index contributed by atoms with van der Waals surface area (Å²) in [4.78, 5) is 8.84. The van der Waals surface area contributed by atoms with Crippen molar-refractivity contribution < 1.29 is 14.2 Å². The van der Waals surface area contributed by atoms with Crippen LogP contribution in [0.3, 0.4) is 0 Å². The van der Waals surface area contributed by atoms with Gasteiger partial charge in [0, 0.05) is 39.8 Å². The van der Waals surface area contributed by atoms with Crippen molar-refractivity contribution in [3.05, 3.63) is 54.3 Å². The van der Waals surface area contributed by atoms with Crippen molar-refractivity contribution in [2.75, 3.05) is 51.3 Å². The highest BCUT2D eigenvalue weighted by Crippen LogP contribution is 2.27. The summed E-state index contributed by atoms with van der Waals surface area (Å²) in [6, 6.07) is 13.6. The van der Waals surface area contributed by atoms with Crippen molar-refractivity contribution in [1.29, 1.82) is 0 Å². The van der Waals surface area contributed by atoms with Crippen molar-refractivity contribution in [2.45, 2.75) is 12.8 Å². The number of anilines is 1. The van der Waals surface area contributed by atoms with Crippen LogP contribution in [0.2, 0.25) is 0 Å². The largest absolute Gasteiger partial charge is 0.506 e. The lowest BCUT2D eigenvalue weighted by atomic mass is 10.2. The van der Waals surface area contributed by atoms with Gasteiger partial charge in [-0.25, -0.2) is 4.39 Å². The Labute approximate surface area is 171 Å². The van der Waals surface area contributed by atoms with E-state index in [2.05, 4.69) is 20.1 Å². The first-order valence-electron chi connectivity index (χ1n) is 10.0. The van der Waals surface area contributed by atoms with E-state index in [0.717, 1.165) is 57.2 Å². The lowest BCUT2D eigenvalue weighted by Crippen LogP contribution is -2.52. The molecule has 29 heavy (non-hydrogen) atoms. The van der Waals surface area contributed by atoms with Gasteiger partial charge in [0.2, 0.25) is 0 Å². The highest BCUT2D eigenvalue weighted by atomic mass is 19.1. The molecule has 0 unspecified atom stereocenters. The molecule has 1 fully saturated rings. The summed E-state index contributed by atoms with van der Waals surface area (Å²) in [5.74, 6) is 1.67. The van der Waals surface area contributed by atoms with Crippen molar-refractivity contribution in [3.8, 4) is 11.5 Å². The van der Waals surface area contributed by atoms with Gasteiger partial charge in [-0.05, 0) is 49.2 Å². The quantitative estimate of drug-likeness (QED) is 0.425. The molecule has 1 heterocycles. The number of hydrogen-bond acceptors (Lipinski definition) is 4. The summed E-state index contributed by atoms with van der Waals surface area (Å²) in [5, 5.41) is 13.5. The Hall–Kier alpha value is -2.96. The van der Waals surface area contributed by atoms with Crippen molar-refractivity contribution in [2.24, 2.45) is 4.99 Å². The summed E-state index contributed by atoms with van der Waals surface area (Å²) >= 11 is 0. The van der Waals surface area contributed by atoms with E-state index in [0.29, 0.717) is 18.1 Å². The minimum Gasteiger partial charge on any atom is -0.506 e. The number of aromatic hydroxyl groups is 1. The molecule has 1 saturated heterocycles. The number of guanidine groups is 1. The third kappa shape index (κ3) is 6.01. The molecule has 156 valence electrons. The van der Waals surface area contributed by atoms with E-state index in [1.165, 1.54) is 12.1 Å². The van der Waals surface area contributed by atoms with Crippen LogP contribution in [0.4, 0.5) is 10.1 Å². The number of phenolic OH excluding ortho intramolecular Hbond substituents is 1. The maximum Gasteiger partial charge on any atom is 0.193 e. The summed E-state index contributed by atoms with van der Waals surface area (Å²) in [6.07, 6.45) is 1.86. The number of rotatable bonds is 7. The smallest absolute Gasteiger partial charge is 0.193 e. The molecule has 0 bridgehead atoms. The number of halogens is 1. The molecule has 2 aromatic rings. The second-order valence-electron chi connectivity index (χ2n) is 6.95. The molecule has 7 heteroatoms. The number of ether oxygens (including phenoxy) is 1. The van der Waals surface area contributed by atoms with Crippen molar-refractivity contribution in [3.63, 3.8) is 0 Å². The fraction of sp³-hybridized carbons (Fsp3) is 0.409. The maximum atomic E-state index is 12.9. The summed E-state index contributed by atoms with van der Waals surface area (Å²) in [6.45, 7) is 4.79. The second-order valence-corrected chi connectivity index (χ2v) is 6.95.